The summed E-state index contributed by atoms with van der Waals surface area (Å²) in [7, 11) is 2.00. The molecule has 0 spiro atoms. The van der Waals surface area contributed by atoms with Gasteiger partial charge in [-0.2, -0.15) is 11.8 Å². The second-order valence-electron chi connectivity index (χ2n) is 4.68. The SMILES string of the molecule is CNCC1CCN(C(=O)C(C)CSC)CC1.Cl. The standard InChI is InChI=1S/C12H24N2OS.ClH/c1-10(9-16-3)12(15)14-6-4-11(5-7-14)8-13-2;/h10-11,13H,4-9H2,1-3H3;1H. The summed E-state index contributed by atoms with van der Waals surface area (Å²) in [4.78, 5) is 14.1. The molecule has 1 unspecified atom stereocenters. The molecule has 0 bridgehead atoms. The summed E-state index contributed by atoms with van der Waals surface area (Å²) in [5, 5.41) is 3.22. The number of nitrogens with zero attached hydrogens (tertiary/aromatic N) is 1. The van der Waals surface area contributed by atoms with Crippen LogP contribution in [0.15, 0.2) is 0 Å². The number of amides is 1. The van der Waals surface area contributed by atoms with Crippen LogP contribution in [0, 0.1) is 11.8 Å². The summed E-state index contributed by atoms with van der Waals surface area (Å²) in [5.74, 6) is 2.22. The van der Waals surface area contributed by atoms with E-state index in [1.807, 2.05) is 18.9 Å². The Kier molecular flexibility index (Phi) is 9.10. The Morgan fingerprint density at radius 3 is 2.53 bits per heavy atom. The first-order valence-electron chi connectivity index (χ1n) is 6.11. The van der Waals surface area contributed by atoms with Gasteiger partial charge in [0.2, 0.25) is 5.91 Å². The van der Waals surface area contributed by atoms with Crippen molar-refractivity contribution in [2.75, 3.05) is 38.7 Å². The van der Waals surface area contributed by atoms with Gasteiger partial charge in [-0.1, -0.05) is 6.92 Å². The van der Waals surface area contributed by atoms with E-state index < -0.39 is 0 Å². The van der Waals surface area contributed by atoms with Crippen molar-refractivity contribution in [3.05, 3.63) is 0 Å². The quantitative estimate of drug-likeness (QED) is 0.834. The Morgan fingerprint density at radius 1 is 1.47 bits per heavy atom. The number of carbonyl (C=O) groups is 1. The third-order valence-electron chi connectivity index (χ3n) is 3.26. The van der Waals surface area contributed by atoms with Crippen molar-refractivity contribution in [1.82, 2.24) is 10.2 Å². The van der Waals surface area contributed by atoms with Crippen LogP contribution in [0.3, 0.4) is 0 Å². The molecule has 0 saturated carbocycles. The molecule has 1 amide bonds. The second-order valence-corrected chi connectivity index (χ2v) is 5.59. The van der Waals surface area contributed by atoms with Crippen molar-refractivity contribution in [3.8, 4) is 0 Å². The minimum absolute atomic E-state index is 0. The lowest BCUT2D eigenvalue weighted by molar-refractivity contribution is -0.135. The molecule has 3 nitrogen and oxygen atoms in total. The van der Waals surface area contributed by atoms with Crippen molar-refractivity contribution in [2.45, 2.75) is 19.8 Å². The average Bonchev–Trinajstić information content (AvgIpc) is 2.30. The van der Waals surface area contributed by atoms with Gasteiger partial charge in [-0.25, -0.2) is 0 Å². The first kappa shape index (κ1) is 17.1. The molecule has 1 aliphatic heterocycles. The number of likely N-dealkylation sites (tertiary alicyclic amines) is 1. The van der Waals surface area contributed by atoms with Crippen LogP contribution in [0.4, 0.5) is 0 Å². The van der Waals surface area contributed by atoms with E-state index >= 15 is 0 Å². The number of carbonyl (C=O) groups excluding carboxylic acids is 1. The minimum atomic E-state index is 0. The van der Waals surface area contributed by atoms with Gasteiger partial charge in [-0.15, -0.1) is 12.4 Å². The number of hydrogen-bond donors (Lipinski definition) is 1. The van der Waals surface area contributed by atoms with E-state index in [4.69, 9.17) is 0 Å². The van der Waals surface area contributed by atoms with Crippen molar-refractivity contribution in [2.24, 2.45) is 11.8 Å². The van der Waals surface area contributed by atoms with E-state index in [9.17, 15) is 4.79 Å². The van der Waals surface area contributed by atoms with E-state index in [1.165, 1.54) is 0 Å². The molecule has 1 rings (SSSR count). The van der Waals surface area contributed by atoms with Crippen LogP contribution in [0.5, 0.6) is 0 Å². The van der Waals surface area contributed by atoms with Gasteiger partial charge >= 0.3 is 0 Å². The highest BCUT2D eigenvalue weighted by Gasteiger charge is 2.25. The van der Waals surface area contributed by atoms with Crippen LogP contribution >= 0.6 is 24.2 Å². The zero-order chi connectivity index (χ0) is 12.0. The van der Waals surface area contributed by atoms with E-state index in [0.717, 1.165) is 44.1 Å². The highest BCUT2D eigenvalue weighted by atomic mass is 35.5. The topological polar surface area (TPSA) is 32.3 Å². The molecule has 5 heteroatoms. The van der Waals surface area contributed by atoms with Crippen LogP contribution in [-0.2, 0) is 4.79 Å². The Balaban J connectivity index is 0.00000256. The summed E-state index contributed by atoms with van der Waals surface area (Å²) in [6, 6.07) is 0. The average molecular weight is 281 g/mol. The Bertz CT molecular complexity index is 221. The predicted octanol–water partition coefficient (Wildman–Crippen LogP) is 1.87. The molecule has 0 aliphatic carbocycles. The molecular formula is C12H25ClN2OS. The zero-order valence-electron chi connectivity index (χ0n) is 11.1. The van der Waals surface area contributed by atoms with Crippen molar-refractivity contribution in [3.63, 3.8) is 0 Å². The van der Waals surface area contributed by atoms with Gasteiger partial charge in [0.25, 0.3) is 0 Å². The number of nitrogens with one attached hydrogen (secondary N) is 1. The van der Waals surface area contributed by atoms with Gasteiger partial charge in [-0.05, 0) is 38.6 Å². The molecule has 1 saturated heterocycles. The number of rotatable bonds is 5. The van der Waals surface area contributed by atoms with Crippen molar-refractivity contribution >= 4 is 30.1 Å². The Hall–Kier alpha value is 0.0700. The van der Waals surface area contributed by atoms with Crippen molar-refractivity contribution in [1.29, 1.82) is 0 Å². The minimum Gasteiger partial charge on any atom is -0.342 e. The van der Waals surface area contributed by atoms with Gasteiger partial charge in [0.1, 0.15) is 0 Å². The molecule has 1 aliphatic rings. The molecule has 1 N–H and O–H groups in total. The molecule has 0 aromatic carbocycles. The first-order chi connectivity index (χ1) is 7.69. The normalized spacial score (nSPS) is 18.6. The number of hydrogen-bond acceptors (Lipinski definition) is 3. The van der Waals surface area contributed by atoms with Gasteiger partial charge in [0.05, 0.1) is 0 Å². The molecule has 1 fully saturated rings. The molecule has 17 heavy (non-hydrogen) atoms. The highest BCUT2D eigenvalue weighted by Crippen LogP contribution is 2.19. The number of halogens is 1. The van der Waals surface area contributed by atoms with Crippen LogP contribution in [0.2, 0.25) is 0 Å². The van der Waals surface area contributed by atoms with E-state index in [0.29, 0.717) is 5.91 Å². The second kappa shape index (κ2) is 9.06. The first-order valence-corrected chi connectivity index (χ1v) is 7.50. The van der Waals surface area contributed by atoms with Gasteiger partial charge < -0.3 is 10.2 Å². The summed E-state index contributed by atoms with van der Waals surface area (Å²) < 4.78 is 0. The lowest BCUT2D eigenvalue weighted by Gasteiger charge is -2.33. The van der Waals surface area contributed by atoms with E-state index in [2.05, 4.69) is 11.6 Å². The van der Waals surface area contributed by atoms with Crippen LogP contribution in [-0.4, -0.2) is 49.5 Å². The fraction of sp³-hybridized carbons (Fsp3) is 0.917. The van der Waals surface area contributed by atoms with Gasteiger partial charge in [0.15, 0.2) is 0 Å². The third-order valence-corrected chi connectivity index (χ3v) is 4.09. The van der Waals surface area contributed by atoms with E-state index in [-0.39, 0.29) is 18.3 Å². The largest absolute Gasteiger partial charge is 0.342 e. The van der Waals surface area contributed by atoms with E-state index in [1.54, 1.807) is 11.8 Å². The third kappa shape index (κ3) is 5.49. The number of thioether (sulfide) groups is 1. The molecule has 1 atom stereocenters. The fourth-order valence-electron chi connectivity index (χ4n) is 2.28. The maximum Gasteiger partial charge on any atom is 0.226 e. The summed E-state index contributed by atoms with van der Waals surface area (Å²) in [6.45, 7) is 5.02. The summed E-state index contributed by atoms with van der Waals surface area (Å²) in [5.41, 5.74) is 0. The molecule has 102 valence electrons. The lowest BCUT2D eigenvalue weighted by Crippen LogP contribution is -2.43. The maximum atomic E-state index is 12.0. The number of piperidine rings is 1. The lowest BCUT2D eigenvalue weighted by atomic mass is 9.96. The molecule has 1 heterocycles. The monoisotopic (exact) mass is 280 g/mol. The van der Waals surface area contributed by atoms with Crippen LogP contribution in [0.1, 0.15) is 19.8 Å². The fourth-order valence-corrected chi connectivity index (χ4v) is 2.92. The van der Waals surface area contributed by atoms with Crippen LogP contribution in [0.25, 0.3) is 0 Å². The van der Waals surface area contributed by atoms with Crippen molar-refractivity contribution < 1.29 is 4.79 Å². The highest BCUT2D eigenvalue weighted by molar-refractivity contribution is 7.98. The van der Waals surface area contributed by atoms with Gasteiger partial charge in [0, 0.05) is 24.8 Å². The Labute approximate surface area is 115 Å². The predicted molar refractivity (Wildman–Crippen MR) is 78.0 cm³/mol. The zero-order valence-corrected chi connectivity index (χ0v) is 12.7. The maximum absolute atomic E-state index is 12.0. The Morgan fingerprint density at radius 2 is 2.06 bits per heavy atom. The smallest absolute Gasteiger partial charge is 0.226 e. The summed E-state index contributed by atoms with van der Waals surface area (Å²) in [6.07, 6.45) is 4.36. The summed E-state index contributed by atoms with van der Waals surface area (Å²) >= 11 is 1.75. The molecule has 0 aromatic rings. The molecular weight excluding hydrogens is 256 g/mol. The molecule has 0 radical (unpaired) electrons. The van der Waals surface area contributed by atoms with Gasteiger partial charge in [-0.3, -0.25) is 4.79 Å². The van der Waals surface area contributed by atoms with Crippen LogP contribution < -0.4 is 5.32 Å². The molecule has 0 aromatic heterocycles.